The molecule has 1 rings (SSSR count). The molecular formula is C10H19B. The van der Waals surface area contributed by atoms with Crippen LogP contribution in [-0.4, -0.2) is 7.28 Å². The number of hydrogen-bond donors (Lipinski definition) is 0. The van der Waals surface area contributed by atoms with Crippen LogP contribution in [0, 0.1) is 11.8 Å². The highest BCUT2D eigenvalue weighted by molar-refractivity contribution is 6.47. The van der Waals surface area contributed by atoms with Gasteiger partial charge in [-0.15, -0.1) is 12.1 Å². The molecule has 0 aliphatic heterocycles. The minimum absolute atomic E-state index is 0.683. The average Bonchev–Trinajstić information content (AvgIpc) is 1.96. The van der Waals surface area contributed by atoms with Gasteiger partial charge in [0.1, 0.15) is 0 Å². The van der Waals surface area contributed by atoms with Crippen LogP contribution in [-0.2, 0) is 0 Å². The first-order valence-corrected chi connectivity index (χ1v) is 4.79. The van der Waals surface area contributed by atoms with E-state index in [-0.39, 0.29) is 0 Å². The molecule has 0 aromatic carbocycles. The molecule has 0 aromatic heterocycles. The second-order valence-corrected chi connectivity index (χ2v) is 4.33. The summed E-state index contributed by atoms with van der Waals surface area (Å²) >= 11 is 0. The fourth-order valence-electron chi connectivity index (χ4n) is 1.61. The Labute approximate surface area is 71.3 Å². The van der Waals surface area contributed by atoms with Crippen LogP contribution in [0.25, 0.3) is 0 Å². The minimum Gasteiger partial charge on any atom is -0.110 e. The monoisotopic (exact) mass is 150 g/mol. The Morgan fingerprint density at radius 3 is 2.36 bits per heavy atom. The van der Waals surface area contributed by atoms with Crippen LogP contribution >= 0.6 is 0 Å². The maximum atomic E-state index is 4.11. The molecule has 1 aliphatic rings. The third-order valence-corrected chi connectivity index (χ3v) is 3.14. The second-order valence-electron chi connectivity index (χ2n) is 4.33. The Hall–Kier alpha value is -0.195. The van der Waals surface area contributed by atoms with E-state index in [4.69, 9.17) is 0 Å². The van der Waals surface area contributed by atoms with E-state index in [1.165, 1.54) is 25.6 Å². The van der Waals surface area contributed by atoms with Gasteiger partial charge in [0.15, 0.2) is 7.28 Å². The third kappa shape index (κ3) is 2.11. The molecule has 0 amide bonds. The summed E-state index contributed by atoms with van der Waals surface area (Å²) in [6.07, 6.45) is 2.88. The summed E-state index contributed by atoms with van der Waals surface area (Å²) in [5, 5.41) is 0. The van der Waals surface area contributed by atoms with Crippen molar-refractivity contribution in [1.29, 1.82) is 0 Å². The Morgan fingerprint density at radius 2 is 2.09 bits per heavy atom. The topological polar surface area (TPSA) is 0 Å². The Bertz CT molecular complexity index is 149. The molecular weight excluding hydrogens is 131 g/mol. The van der Waals surface area contributed by atoms with Crippen LogP contribution in [0.4, 0.5) is 0 Å². The average molecular weight is 150 g/mol. The summed E-state index contributed by atoms with van der Waals surface area (Å²) in [6.45, 7) is 11.0. The molecule has 1 aliphatic carbocycles. The van der Waals surface area contributed by atoms with E-state index in [0.717, 1.165) is 11.7 Å². The summed E-state index contributed by atoms with van der Waals surface area (Å²) < 4.78 is 0. The molecule has 1 heteroatoms. The lowest BCUT2D eigenvalue weighted by Crippen LogP contribution is -2.24. The number of hydrogen-bond acceptors (Lipinski definition) is 0. The minimum atomic E-state index is 0.683. The van der Waals surface area contributed by atoms with Gasteiger partial charge in [-0.1, -0.05) is 39.4 Å². The summed E-state index contributed by atoms with van der Waals surface area (Å²) in [5.74, 6) is 2.61. The van der Waals surface area contributed by atoms with Crippen LogP contribution in [0.5, 0.6) is 0 Å². The van der Waals surface area contributed by atoms with Crippen molar-refractivity contribution < 1.29 is 0 Å². The van der Waals surface area contributed by atoms with E-state index < -0.39 is 0 Å². The van der Waals surface area contributed by atoms with Crippen LogP contribution in [0.3, 0.4) is 0 Å². The van der Waals surface area contributed by atoms with Gasteiger partial charge in [-0.25, -0.2) is 0 Å². The maximum absolute atomic E-state index is 4.11. The molecule has 0 radical (unpaired) electrons. The fraction of sp³-hybridized carbons (Fsp3) is 0.800. The standard InChI is InChI=1S/C10H19B/c1-7(2)9(4)11-10-6-5-8(10)3/h7-8,10-11H,4-6H2,1-3H3. The van der Waals surface area contributed by atoms with E-state index in [2.05, 4.69) is 27.4 Å². The van der Waals surface area contributed by atoms with Crippen molar-refractivity contribution in [3.05, 3.63) is 12.1 Å². The summed E-state index contributed by atoms with van der Waals surface area (Å²) in [5.41, 5.74) is 1.45. The van der Waals surface area contributed by atoms with E-state index in [1.807, 2.05) is 0 Å². The SMILES string of the molecule is C=C(BC1CCC1C)C(C)C. The Balaban J connectivity index is 2.25. The largest absolute Gasteiger partial charge is 0.155 e. The molecule has 1 saturated carbocycles. The molecule has 0 nitrogen and oxygen atoms in total. The molecule has 1 fully saturated rings. The molecule has 0 heterocycles. The first-order valence-electron chi connectivity index (χ1n) is 4.79. The fourth-order valence-corrected chi connectivity index (χ4v) is 1.61. The van der Waals surface area contributed by atoms with E-state index in [1.54, 1.807) is 0 Å². The normalized spacial score (nSPS) is 29.8. The quantitative estimate of drug-likeness (QED) is 0.542. The molecule has 2 unspecified atom stereocenters. The first kappa shape index (κ1) is 8.90. The van der Waals surface area contributed by atoms with Crippen molar-refractivity contribution in [3.63, 3.8) is 0 Å². The summed E-state index contributed by atoms with van der Waals surface area (Å²) in [4.78, 5) is 0. The Kier molecular flexibility index (Phi) is 2.81. The number of rotatable bonds is 3. The predicted octanol–water partition coefficient (Wildman–Crippen LogP) is 2.81. The zero-order valence-electron chi connectivity index (χ0n) is 8.06. The van der Waals surface area contributed by atoms with Gasteiger partial charge in [-0.2, -0.15) is 0 Å². The lowest BCUT2D eigenvalue weighted by Gasteiger charge is -2.34. The summed E-state index contributed by atoms with van der Waals surface area (Å²) in [7, 11) is 1.28. The molecule has 0 aromatic rings. The van der Waals surface area contributed by atoms with Crippen LogP contribution in [0.1, 0.15) is 33.6 Å². The van der Waals surface area contributed by atoms with E-state index >= 15 is 0 Å². The van der Waals surface area contributed by atoms with Gasteiger partial charge in [-0.3, -0.25) is 0 Å². The maximum Gasteiger partial charge on any atom is 0.155 e. The Morgan fingerprint density at radius 1 is 1.45 bits per heavy atom. The van der Waals surface area contributed by atoms with Gasteiger partial charge < -0.3 is 0 Å². The van der Waals surface area contributed by atoms with E-state index in [9.17, 15) is 0 Å². The highest BCUT2D eigenvalue weighted by atomic mass is 14.2. The predicted molar refractivity (Wildman–Crippen MR) is 53.3 cm³/mol. The second kappa shape index (κ2) is 3.47. The zero-order valence-corrected chi connectivity index (χ0v) is 8.06. The van der Waals surface area contributed by atoms with Crippen molar-refractivity contribution in [3.8, 4) is 0 Å². The third-order valence-electron chi connectivity index (χ3n) is 3.14. The lowest BCUT2D eigenvalue weighted by atomic mass is 9.46. The van der Waals surface area contributed by atoms with Crippen LogP contribution < -0.4 is 0 Å². The van der Waals surface area contributed by atoms with Gasteiger partial charge in [0.2, 0.25) is 0 Å². The highest BCUT2D eigenvalue weighted by Crippen LogP contribution is 2.39. The van der Waals surface area contributed by atoms with Gasteiger partial charge >= 0.3 is 0 Å². The van der Waals surface area contributed by atoms with Crippen molar-refractivity contribution >= 4 is 7.28 Å². The smallest absolute Gasteiger partial charge is 0.110 e. The van der Waals surface area contributed by atoms with Crippen molar-refractivity contribution in [2.45, 2.75) is 39.4 Å². The molecule has 0 spiro atoms. The van der Waals surface area contributed by atoms with Crippen molar-refractivity contribution in [2.75, 3.05) is 0 Å². The van der Waals surface area contributed by atoms with Crippen molar-refractivity contribution in [1.82, 2.24) is 0 Å². The lowest BCUT2D eigenvalue weighted by molar-refractivity contribution is 0.344. The van der Waals surface area contributed by atoms with Gasteiger partial charge in [-0.05, 0) is 11.8 Å². The highest BCUT2D eigenvalue weighted by Gasteiger charge is 2.28. The summed E-state index contributed by atoms with van der Waals surface area (Å²) in [6, 6.07) is 0. The first-order chi connectivity index (χ1) is 5.11. The van der Waals surface area contributed by atoms with Gasteiger partial charge in [0.25, 0.3) is 0 Å². The van der Waals surface area contributed by atoms with Crippen LogP contribution in [0.15, 0.2) is 12.1 Å². The molecule has 0 saturated heterocycles. The van der Waals surface area contributed by atoms with Crippen LogP contribution in [0.2, 0.25) is 5.82 Å². The number of allylic oxidation sites excluding steroid dienone is 1. The molecule has 0 N–H and O–H groups in total. The molecule has 0 bridgehead atoms. The van der Waals surface area contributed by atoms with E-state index in [0.29, 0.717) is 5.92 Å². The molecule has 11 heavy (non-hydrogen) atoms. The van der Waals surface area contributed by atoms with Gasteiger partial charge in [0, 0.05) is 0 Å². The van der Waals surface area contributed by atoms with Crippen molar-refractivity contribution in [2.24, 2.45) is 11.8 Å². The molecule has 62 valence electrons. The molecule has 2 atom stereocenters. The van der Waals surface area contributed by atoms with Gasteiger partial charge in [0.05, 0.1) is 0 Å². The zero-order chi connectivity index (χ0) is 8.43.